The minimum Gasteiger partial charge on any atom is -0.312 e. The molecule has 0 amide bonds. The Morgan fingerprint density at radius 2 is 2.11 bits per heavy atom. The van der Waals surface area contributed by atoms with Gasteiger partial charge in [-0.3, -0.25) is 0 Å². The number of nitrogens with one attached hydrogen (secondary N) is 2. The highest BCUT2D eigenvalue weighted by molar-refractivity contribution is 7.89. The third kappa shape index (κ3) is 4.27. The molecule has 2 rings (SSSR count). The molecule has 108 valence electrons. The van der Waals surface area contributed by atoms with E-state index in [1.54, 1.807) is 11.4 Å². The van der Waals surface area contributed by atoms with Gasteiger partial charge in [-0.05, 0) is 31.4 Å². The van der Waals surface area contributed by atoms with Crippen LogP contribution in [0.4, 0.5) is 0 Å². The normalized spacial score (nSPS) is 17.1. The minimum absolute atomic E-state index is 0.406. The van der Waals surface area contributed by atoms with Crippen LogP contribution >= 0.6 is 11.3 Å². The summed E-state index contributed by atoms with van der Waals surface area (Å²) >= 11 is 1.49. The minimum atomic E-state index is -3.32. The molecule has 6 heteroatoms. The molecule has 1 fully saturated rings. The molecule has 1 saturated carbocycles. The highest BCUT2D eigenvalue weighted by Gasteiger charge is 2.20. The quantitative estimate of drug-likeness (QED) is 0.813. The third-order valence-corrected chi connectivity index (χ3v) is 6.01. The fourth-order valence-electron chi connectivity index (χ4n) is 2.37. The van der Waals surface area contributed by atoms with Crippen molar-refractivity contribution in [1.29, 1.82) is 0 Å². The van der Waals surface area contributed by atoms with Gasteiger partial charge in [0, 0.05) is 23.3 Å². The molecular formula is C13H22N2O2S2. The molecule has 1 heterocycles. The van der Waals surface area contributed by atoms with Crippen molar-refractivity contribution < 1.29 is 8.42 Å². The van der Waals surface area contributed by atoms with E-state index >= 15 is 0 Å². The van der Waals surface area contributed by atoms with Crippen LogP contribution in [0.3, 0.4) is 0 Å². The lowest BCUT2D eigenvalue weighted by Gasteiger charge is -2.10. The van der Waals surface area contributed by atoms with E-state index in [1.165, 1.54) is 24.2 Å². The molecule has 2 N–H and O–H groups in total. The SMILES string of the molecule is CCNCc1cc(S(=O)(=O)NCC2CCCC2)cs1. The lowest BCUT2D eigenvalue weighted by Crippen LogP contribution is -2.28. The Hall–Kier alpha value is -0.430. The summed E-state index contributed by atoms with van der Waals surface area (Å²) < 4.78 is 27.0. The Balaban J connectivity index is 1.92. The molecule has 0 radical (unpaired) electrons. The van der Waals surface area contributed by atoms with Crippen molar-refractivity contribution in [2.24, 2.45) is 5.92 Å². The first-order valence-corrected chi connectivity index (χ1v) is 9.26. The summed E-state index contributed by atoms with van der Waals surface area (Å²) in [4.78, 5) is 1.46. The number of thiophene rings is 1. The molecule has 0 aromatic carbocycles. The Morgan fingerprint density at radius 3 is 2.79 bits per heavy atom. The molecule has 1 aromatic rings. The molecule has 1 aliphatic rings. The molecule has 0 atom stereocenters. The van der Waals surface area contributed by atoms with E-state index in [1.807, 2.05) is 6.92 Å². The maximum Gasteiger partial charge on any atom is 0.241 e. The number of sulfonamides is 1. The first kappa shape index (κ1) is 15.0. The Bertz CT molecular complexity index is 490. The lowest BCUT2D eigenvalue weighted by atomic mass is 10.1. The fraction of sp³-hybridized carbons (Fsp3) is 0.692. The van der Waals surface area contributed by atoms with E-state index in [4.69, 9.17) is 0 Å². The van der Waals surface area contributed by atoms with Crippen molar-refractivity contribution in [3.63, 3.8) is 0 Å². The van der Waals surface area contributed by atoms with Gasteiger partial charge in [-0.25, -0.2) is 13.1 Å². The highest BCUT2D eigenvalue weighted by atomic mass is 32.2. The van der Waals surface area contributed by atoms with Gasteiger partial charge in [-0.15, -0.1) is 11.3 Å². The van der Waals surface area contributed by atoms with E-state index in [0.717, 1.165) is 30.8 Å². The number of hydrogen-bond donors (Lipinski definition) is 2. The van der Waals surface area contributed by atoms with Crippen LogP contribution in [-0.4, -0.2) is 21.5 Å². The second-order valence-corrected chi connectivity index (χ2v) is 7.79. The van der Waals surface area contributed by atoms with E-state index in [0.29, 0.717) is 17.4 Å². The standard InChI is InChI=1S/C13H22N2O2S2/c1-2-14-9-12-7-13(10-18-12)19(16,17)15-8-11-5-3-4-6-11/h7,10-11,14-15H,2-6,8-9H2,1H3. The van der Waals surface area contributed by atoms with Gasteiger partial charge in [0.05, 0.1) is 4.90 Å². The largest absolute Gasteiger partial charge is 0.312 e. The van der Waals surface area contributed by atoms with Gasteiger partial charge in [0.1, 0.15) is 0 Å². The molecule has 19 heavy (non-hydrogen) atoms. The fourth-order valence-corrected chi connectivity index (χ4v) is 4.73. The van der Waals surface area contributed by atoms with Crippen LogP contribution in [0.25, 0.3) is 0 Å². The van der Waals surface area contributed by atoms with Gasteiger partial charge in [-0.2, -0.15) is 0 Å². The van der Waals surface area contributed by atoms with Crippen molar-refractivity contribution in [3.05, 3.63) is 16.3 Å². The molecule has 0 unspecified atom stereocenters. The van der Waals surface area contributed by atoms with Gasteiger partial charge in [0.2, 0.25) is 10.0 Å². The van der Waals surface area contributed by atoms with Crippen LogP contribution in [0.1, 0.15) is 37.5 Å². The average Bonchev–Trinajstić information content (AvgIpc) is 3.05. The molecular weight excluding hydrogens is 280 g/mol. The first-order valence-electron chi connectivity index (χ1n) is 6.89. The topological polar surface area (TPSA) is 58.2 Å². The molecule has 1 aromatic heterocycles. The van der Waals surface area contributed by atoms with E-state index in [-0.39, 0.29) is 0 Å². The van der Waals surface area contributed by atoms with Crippen LogP contribution in [0.2, 0.25) is 0 Å². The van der Waals surface area contributed by atoms with Crippen LogP contribution in [0, 0.1) is 5.92 Å². The summed E-state index contributed by atoms with van der Waals surface area (Å²) in [5.41, 5.74) is 0. The molecule has 0 saturated heterocycles. The van der Waals surface area contributed by atoms with Gasteiger partial charge in [-0.1, -0.05) is 19.8 Å². The summed E-state index contributed by atoms with van der Waals surface area (Å²) in [7, 11) is -3.32. The Labute approximate surface area is 119 Å². The highest BCUT2D eigenvalue weighted by Crippen LogP contribution is 2.25. The monoisotopic (exact) mass is 302 g/mol. The second-order valence-electron chi connectivity index (χ2n) is 5.03. The summed E-state index contributed by atoms with van der Waals surface area (Å²) in [5.74, 6) is 0.523. The maximum atomic E-state index is 12.2. The van der Waals surface area contributed by atoms with Crippen molar-refractivity contribution in [2.75, 3.05) is 13.1 Å². The molecule has 4 nitrogen and oxygen atoms in total. The van der Waals surface area contributed by atoms with Crippen LogP contribution < -0.4 is 10.0 Å². The van der Waals surface area contributed by atoms with E-state index < -0.39 is 10.0 Å². The van der Waals surface area contributed by atoms with Crippen LogP contribution in [0.15, 0.2) is 16.3 Å². The van der Waals surface area contributed by atoms with Crippen molar-refractivity contribution in [2.45, 2.75) is 44.0 Å². The van der Waals surface area contributed by atoms with Gasteiger partial charge >= 0.3 is 0 Å². The van der Waals surface area contributed by atoms with E-state index in [9.17, 15) is 8.42 Å². The van der Waals surface area contributed by atoms with E-state index in [2.05, 4.69) is 10.0 Å². The second kappa shape index (κ2) is 6.83. The third-order valence-electron chi connectivity index (χ3n) is 3.53. The summed E-state index contributed by atoms with van der Waals surface area (Å²) in [5, 5.41) is 4.93. The zero-order valence-electron chi connectivity index (χ0n) is 11.3. The Morgan fingerprint density at radius 1 is 1.37 bits per heavy atom. The maximum absolute atomic E-state index is 12.2. The summed E-state index contributed by atoms with van der Waals surface area (Å²) in [6.45, 7) is 4.24. The molecule has 0 bridgehead atoms. The van der Waals surface area contributed by atoms with Crippen LogP contribution in [0.5, 0.6) is 0 Å². The molecule has 0 spiro atoms. The molecule has 1 aliphatic carbocycles. The predicted octanol–water partition coefficient (Wildman–Crippen LogP) is 2.33. The van der Waals surface area contributed by atoms with Crippen molar-refractivity contribution >= 4 is 21.4 Å². The van der Waals surface area contributed by atoms with Crippen molar-refractivity contribution in [1.82, 2.24) is 10.0 Å². The smallest absolute Gasteiger partial charge is 0.241 e. The van der Waals surface area contributed by atoms with Crippen LogP contribution in [-0.2, 0) is 16.6 Å². The lowest BCUT2D eigenvalue weighted by molar-refractivity contribution is 0.520. The first-order chi connectivity index (χ1) is 9.12. The summed E-state index contributed by atoms with van der Waals surface area (Å²) in [6.07, 6.45) is 4.77. The number of rotatable bonds is 7. The zero-order valence-corrected chi connectivity index (χ0v) is 12.9. The van der Waals surface area contributed by atoms with Gasteiger partial charge in [0.25, 0.3) is 0 Å². The molecule has 0 aliphatic heterocycles. The Kier molecular flexibility index (Phi) is 5.38. The summed E-state index contributed by atoms with van der Waals surface area (Å²) in [6, 6.07) is 1.77. The van der Waals surface area contributed by atoms with Gasteiger partial charge < -0.3 is 5.32 Å². The number of hydrogen-bond acceptors (Lipinski definition) is 4. The zero-order chi connectivity index (χ0) is 13.7. The average molecular weight is 302 g/mol. The predicted molar refractivity (Wildman–Crippen MR) is 78.8 cm³/mol. The van der Waals surface area contributed by atoms with Crippen molar-refractivity contribution in [3.8, 4) is 0 Å². The van der Waals surface area contributed by atoms with Gasteiger partial charge in [0.15, 0.2) is 0 Å².